The fourth-order valence-electron chi connectivity index (χ4n) is 1.48. The van der Waals surface area contributed by atoms with E-state index in [2.05, 4.69) is 28.3 Å². The summed E-state index contributed by atoms with van der Waals surface area (Å²) in [7, 11) is 3.66. The van der Waals surface area contributed by atoms with Gasteiger partial charge in [-0.3, -0.25) is 9.98 Å². The van der Waals surface area contributed by atoms with Gasteiger partial charge in [0.25, 0.3) is 0 Å². The Balaban J connectivity index is 2.48. The summed E-state index contributed by atoms with van der Waals surface area (Å²) in [6, 6.07) is 8.15. The first kappa shape index (κ1) is 16.3. The van der Waals surface area contributed by atoms with E-state index in [9.17, 15) is 0 Å². The molecule has 0 saturated heterocycles. The molecule has 0 fully saturated rings. The number of hydrogen-bond donors (Lipinski definition) is 2. The van der Waals surface area contributed by atoms with E-state index in [1.54, 1.807) is 25.0 Å². The Labute approximate surface area is 125 Å². The summed E-state index contributed by atoms with van der Waals surface area (Å²) < 4.78 is 0. The number of anilines is 1. The Kier molecular flexibility index (Phi) is 7.50. The molecular formula is C15H22N4S. The predicted octanol–water partition coefficient (Wildman–Crippen LogP) is 2.92. The lowest BCUT2D eigenvalue weighted by atomic mass is 10.2. The molecule has 1 aromatic carbocycles. The van der Waals surface area contributed by atoms with Crippen molar-refractivity contribution in [3.8, 4) is 0 Å². The largest absolute Gasteiger partial charge is 0.388 e. The van der Waals surface area contributed by atoms with Crippen molar-refractivity contribution < 1.29 is 0 Å². The van der Waals surface area contributed by atoms with Crippen LogP contribution in [0.25, 0.3) is 0 Å². The first-order valence-corrected chi connectivity index (χ1v) is 7.41. The Bertz CT molecular complexity index is 506. The van der Waals surface area contributed by atoms with Crippen LogP contribution in [-0.2, 0) is 6.54 Å². The second kappa shape index (κ2) is 9.20. The summed E-state index contributed by atoms with van der Waals surface area (Å²) in [6.45, 7) is 2.66. The number of thioether (sulfide) groups is 1. The number of benzene rings is 1. The zero-order chi connectivity index (χ0) is 14.8. The molecule has 3 N–H and O–H groups in total. The van der Waals surface area contributed by atoms with Gasteiger partial charge in [-0.15, -0.1) is 0 Å². The van der Waals surface area contributed by atoms with Gasteiger partial charge in [-0.1, -0.05) is 29.5 Å². The maximum atomic E-state index is 5.91. The molecule has 1 aromatic rings. The van der Waals surface area contributed by atoms with Gasteiger partial charge in [0.2, 0.25) is 0 Å². The van der Waals surface area contributed by atoms with Gasteiger partial charge in [0, 0.05) is 31.8 Å². The highest BCUT2D eigenvalue weighted by atomic mass is 32.2. The predicted molar refractivity (Wildman–Crippen MR) is 91.9 cm³/mol. The van der Waals surface area contributed by atoms with E-state index in [1.807, 2.05) is 31.3 Å². The summed E-state index contributed by atoms with van der Waals surface area (Å²) >= 11 is 1.55. The molecule has 0 saturated carbocycles. The number of nitrogens with one attached hydrogen (secondary N) is 1. The third-order valence-electron chi connectivity index (χ3n) is 2.59. The molecular weight excluding hydrogens is 268 g/mol. The van der Waals surface area contributed by atoms with Gasteiger partial charge in [0.1, 0.15) is 0 Å². The van der Waals surface area contributed by atoms with E-state index in [0.29, 0.717) is 11.7 Å². The molecule has 0 aliphatic carbocycles. The smallest absolute Gasteiger partial charge is 0.154 e. The van der Waals surface area contributed by atoms with Gasteiger partial charge in [-0.25, -0.2) is 0 Å². The normalized spacial score (nSPS) is 12.9. The highest BCUT2D eigenvalue weighted by Crippen LogP contribution is 2.12. The number of aliphatic imine (C=N–C) groups is 2. The molecule has 0 heterocycles. The van der Waals surface area contributed by atoms with Crippen LogP contribution in [0, 0.1) is 0 Å². The summed E-state index contributed by atoms with van der Waals surface area (Å²) in [5.74, 6) is 0.831. The van der Waals surface area contributed by atoms with Crippen molar-refractivity contribution in [2.45, 2.75) is 13.5 Å². The van der Waals surface area contributed by atoms with E-state index in [-0.39, 0.29) is 0 Å². The second-order valence-corrected chi connectivity index (χ2v) is 5.31. The SMILES string of the molecule is CN=C/C=C(\C)CSC(N)=NCc1cccc(NC)c1. The van der Waals surface area contributed by atoms with Crippen LogP contribution in [0.3, 0.4) is 0 Å². The van der Waals surface area contributed by atoms with Crippen LogP contribution in [0.5, 0.6) is 0 Å². The minimum Gasteiger partial charge on any atom is -0.388 e. The quantitative estimate of drug-likeness (QED) is 0.625. The number of amidine groups is 1. The third kappa shape index (κ3) is 6.43. The zero-order valence-corrected chi connectivity index (χ0v) is 13.1. The average Bonchev–Trinajstić information content (AvgIpc) is 2.49. The summed E-state index contributed by atoms with van der Waals surface area (Å²) in [6.07, 6.45) is 3.77. The van der Waals surface area contributed by atoms with Crippen LogP contribution in [0.4, 0.5) is 5.69 Å². The molecule has 20 heavy (non-hydrogen) atoms. The molecule has 108 valence electrons. The lowest BCUT2D eigenvalue weighted by Crippen LogP contribution is -2.08. The lowest BCUT2D eigenvalue weighted by Gasteiger charge is -2.04. The Hall–Kier alpha value is -1.75. The highest BCUT2D eigenvalue weighted by Gasteiger charge is 1.97. The average molecular weight is 290 g/mol. The minimum atomic E-state index is 0.605. The number of nitrogens with zero attached hydrogens (tertiary/aromatic N) is 2. The monoisotopic (exact) mass is 290 g/mol. The summed E-state index contributed by atoms with van der Waals surface area (Å²) in [4.78, 5) is 8.31. The summed E-state index contributed by atoms with van der Waals surface area (Å²) in [5, 5.41) is 3.72. The standard InChI is InChI=1S/C15H22N4S/c1-12(7-8-17-2)11-20-15(16)19-10-13-5-4-6-14(9-13)18-3/h4-9,18H,10-11H2,1-3H3,(H2,16,19)/b12-7+,17-8?. The number of rotatable bonds is 6. The molecule has 5 heteroatoms. The topological polar surface area (TPSA) is 62.8 Å². The molecule has 0 unspecified atom stereocenters. The maximum absolute atomic E-state index is 5.91. The maximum Gasteiger partial charge on any atom is 0.154 e. The van der Waals surface area contributed by atoms with Crippen LogP contribution in [0.1, 0.15) is 12.5 Å². The lowest BCUT2D eigenvalue weighted by molar-refractivity contribution is 1.07. The van der Waals surface area contributed by atoms with Crippen molar-refractivity contribution in [3.05, 3.63) is 41.5 Å². The third-order valence-corrected chi connectivity index (χ3v) is 3.61. The van der Waals surface area contributed by atoms with Gasteiger partial charge in [0.05, 0.1) is 6.54 Å². The van der Waals surface area contributed by atoms with Crippen LogP contribution in [0.15, 0.2) is 45.9 Å². The Morgan fingerprint density at radius 3 is 2.95 bits per heavy atom. The van der Waals surface area contributed by atoms with Crippen LogP contribution in [0.2, 0.25) is 0 Å². The van der Waals surface area contributed by atoms with Gasteiger partial charge in [-0.05, 0) is 30.7 Å². The molecule has 0 aliphatic rings. The second-order valence-electron chi connectivity index (χ2n) is 4.31. The van der Waals surface area contributed by atoms with Crippen molar-refractivity contribution in [1.82, 2.24) is 0 Å². The van der Waals surface area contributed by atoms with Crippen LogP contribution < -0.4 is 11.1 Å². The molecule has 0 amide bonds. The number of allylic oxidation sites excluding steroid dienone is 1. The van der Waals surface area contributed by atoms with E-state index in [0.717, 1.165) is 17.0 Å². The van der Waals surface area contributed by atoms with Crippen molar-refractivity contribution in [2.75, 3.05) is 25.2 Å². The zero-order valence-electron chi connectivity index (χ0n) is 12.3. The van der Waals surface area contributed by atoms with Crippen molar-refractivity contribution in [2.24, 2.45) is 15.7 Å². The molecule has 1 rings (SSSR count). The van der Waals surface area contributed by atoms with Crippen molar-refractivity contribution >= 4 is 28.8 Å². The molecule has 4 nitrogen and oxygen atoms in total. The molecule has 0 aliphatic heterocycles. The van der Waals surface area contributed by atoms with Gasteiger partial charge in [0.15, 0.2) is 5.17 Å². The number of hydrogen-bond acceptors (Lipinski definition) is 4. The van der Waals surface area contributed by atoms with Gasteiger partial charge < -0.3 is 11.1 Å². The Morgan fingerprint density at radius 2 is 2.25 bits per heavy atom. The fourth-order valence-corrected chi connectivity index (χ4v) is 2.11. The van der Waals surface area contributed by atoms with E-state index >= 15 is 0 Å². The molecule has 0 bridgehead atoms. The number of nitrogens with two attached hydrogens (primary N) is 1. The van der Waals surface area contributed by atoms with Crippen molar-refractivity contribution in [1.29, 1.82) is 0 Å². The minimum absolute atomic E-state index is 0.605. The first-order chi connectivity index (χ1) is 9.65. The molecule has 0 aromatic heterocycles. The fraction of sp³-hybridized carbons (Fsp3) is 0.333. The van der Waals surface area contributed by atoms with Gasteiger partial charge in [-0.2, -0.15) is 0 Å². The highest BCUT2D eigenvalue weighted by molar-refractivity contribution is 8.13. The summed E-state index contributed by atoms with van der Waals surface area (Å²) in [5.41, 5.74) is 9.35. The van der Waals surface area contributed by atoms with Crippen LogP contribution >= 0.6 is 11.8 Å². The van der Waals surface area contributed by atoms with Crippen LogP contribution in [-0.4, -0.2) is 31.2 Å². The van der Waals surface area contributed by atoms with Gasteiger partial charge >= 0.3 is 0 Å². The molecule has 0 atom stereocenters. The first-order valence-electron chi connectivity index (χ1n) is 6.43. The Morgan fingerprint density at radius 1 is 1.45 bits per heavy atom. The van der Waals surface area contributed by atoms with E-state index < -0.39 is 0 Å². The molecule has 0 radical (unpaired) electrons. The van der Waals surface area contributed by atoms with E-state index in [4.69, 9.17) is 5.73 Å². The van der Waals surface area contributed by atoms with E-state index in [1.165, 1.54) is 5.57 Å². The van der Waals surface area contributed by atoms with Crippen molar-refractivity contribution in [3.63, 3.8) is 0 Å². The molecule has 0 spiro atoms.